The van der Waals surface area contributed by atoms with Crippen LogP contribution in [0.5, 0.6) is 0 Å². The maximum atomic E-state index is 12.2. The van der Waals surface area contributed by atoms with Gasteiger partial charge < -0.3 is 10.3 Å². The van der Waals surface area contributed by atoms with Gasteiger partial charge in [-0.2, -0.15) is 0 Å². The van der Waals surface area contributed by atoms with Gasteiger partial charge in [0.2, 0.25) is 0 Å². The number of nitrogen functional groups attached to an aromatic ring is 1. The SMILES string of the molecule is Cc1ccccc1-n1cc(-c2csc(N)n2)c(=O)cc1C. The summed E-state index contributed by atoms with van der Waals surface area (Å²) in [6.07, 6.45) is 1.84. The first-order chi connectivity index (χ1) is 10.1. The lowest BCUT2D eigenvalue weighted by Gasteiger charge is -2.14. The number of pyridine rings is 1. The van der Waals surface area contributed by atoms with Crippen LogP contribution < -0.4 is 11.2 Å². The summed E-state index contributed by atoms with van der Waals surface area (Å²) in [5.41, 5.74) is 9.92. The van der Waals surface area contributed by atoms with Crippen molar-refractivity contribution < 1.29 is 0 Å². The standard InChI is InChI=1S/C16H15N3OS/c1-10-5-3-4-6-14(10)19-8-12(15(20)7-11(19)2)13-9-21-16(17)18-13/h3-9H,1-2H3,(H2,17,18). The summed E-state index contributed by atoms with van der Waals surface area (Å²) in [6.45, 7) is 3.97. The van der Waals surface area contributed by atoms with E-state index in [2.05, 4.69) is 4.98 Å². The molecule has 21 heavy (non-hydrogen) atoms. The molecule has 2 N–H and O–H groups in total. The first-order valence-corrected chi connectivity index (χ1v) is 7.45. The second kappa shape index (κ2) is 5.18. The highest BCUT2D eigenvalue weighted by Crippen LogP contribution is 2.23. The van der Waals surface area contributed by atoms with Crippen molar-refractivity contribution in [1.29, 1.82) is 0 Å². The van der Waals surface area contributed by atoms with Crippen molar-refractivity contribution in [2.75, 3.05) is 5.73 Å². The number of nitrogens with zero attached hydrogens (tertiary/aromatic N) is 2. The minimum atomic E-state index is -0.0392. The van der Waals surface area contributed by atoms with Crippen molar-refractivity contribution in [1.82, 2.24) is 9.55 Å². The van der Waals surface area contributed by atoms with E-state index in [-0.39, 0.29) is 5.43 Å². The average Bonchev–Trinajstić information content (AvgIpc) is 2.86. The molecule has 0 amide bonds. The molecule has 5 heteroatoms. The van der Waals surface area contributed by atoms with Crippen molar-refractivity contribution in [2.45, 2.75) is 13.8 Å². The molecule has 0 aliphatic carbocycles. The Labute approximate surface area is 126 Å². The molecule has 4 nitrogen and oxygen atoms in total. The van der Waals surface area contributed by atoms with E-state index in [4.69, 9.17) is 5.73 Å². The Morgan fingerprint density at radius 3 is 2.67 bits per heavy atom. The summed E-state index contributed by atoms with van der Waals surface area (Å²) in [4.78, 5) is 16.4. The topological polar surface area (TPSA) is 60.9 Å². The number of aromatic nitrogens is 2. The van der Waals surface area contributed by atoms with E-state index in [1.54, 1.807) is 6.07 Å². The van der Waals surface area contributed by atoms with E-state index in [0.717, 1.165) is 16.9 Å². The zero-order chi connectivity index (χ0) is 15.0. The minimum absolute atomic E-state index is 0.0392. The molecule has 0 bridgehead atoms. The number of hydrogen-bond acceptors (Lipinski definition) is 4. The third-order valence-electron chi connectivity index (χ3n) is 3.42. The summed E-state index contributed by atoms with van der Waals surface area (Å²) in [7, 11) is 0. The van der Waals surface area contributed by atoms with Gasteiger partial charge in [-0.3, -0.25) is 4.79 Å². The van der Waals surface area contributed by atoms with Crippen LogP contribution in [0.25, 0.3) is 16.9 Å². The van der Waals surface area contributed by atoms with Crippen LogP contribution in [0.3, 0.4) is 0 Å². The molecule has 2 aromatic heterocycles. The average molecular weight is 297 g/mol. The third kappa shape index (κ3) is 2.48. The van der Waals surface area contributed by atoms with Crippen molar-refractivity contribution in [2.24, 2.45) is 0 Å². The van der Waals surface area contributed by atoms with Gasteiger partial charge in [0.25, 0.3) is 0 Å². The van der Waals surface area contributed by atoms with Crippen LogP contribution in [-0.4, -0.2) is 9.55 Å². The first kappa shape index (κ1) is 13.6. The van der Waals surface area contributed by atoms with Gasteiger partial charge in [-0.25, -0.2) is 4.98 Å². The van der Waals surface area contributed by atoms with Crippen molar-refractivity contribution in [3.8, 4) is 16.9 Å². The summed E-state index contributed by atoms with van der Waals surface area (Å²) < 4.78 is 2.02. The van der Waals surface area contributed by atoms with E-state index in [9.17, 15) is 4.79 Å². The Hall–Kier alpha value is -2.40. The molecular weight excluding hydrogens is 282 g/mol. The Kier molecular flexibility index (Phi) is 3.35. The molecule has 3 aromatic rings. The highest BCUT2D eigenvalue weighted by Gasteiger charge is 2.11. The molecule has 0 aliphatic heterocycles. The summed E-state index contributed by atoms with van der Waals surface area (Å²) in [6, 6.07) is 9.70. The van der Waals surface area contributed by atoms with Crippen LogP contribution in [0, 0.1) is 13.8 Å². The van der Waals surface area contributed by atoms with Gasteiger partial charge >= 0.3 is 0 Å². The Balaban J connectivity index is 2.24. The number of rotatable bonds is 2. The quantitative estimate of drug-likeness (QED) is 0.790. The molecule has 0 saturated carbocycles. The maximum absolute atomic E-state index is 12.2. The lowest BCUT2D eigenvalue weighted by atomic mass is 10.1. The van der Waals surface area contributed by atoms with E-state index >= 15 is 0 Å². The molecule has 0 atom stereocenters. The fourth-order valence-electron chi connectivity index (χ4n) is 2.33. The van der Waals surface area contributed by atoms with E-state index in [0.29, 0.717) is 16.4 Å². The van der Waals surface area contributed by atoms with Gasteiger partial charge in [-0.1, -0.05) is 18.2 Å². The first-order valence-electron chi connectivity index (χ1n) is 6.57. The lowest BCUT2D eigenvalue weighted by Crippen LogP contribution is -2.12. The predicted octanol–water partition coefficient (Wildman–Crippen LogP) is 3.16. The van der Waals surface area contributed by atoms with Crippen LogP contribution in [0.2, 0.25) is 0 Å². The van der Waals surface area contributed by atoms with Crippen LogP contribution >= 0.6 is 11.3 Å². The fourth-order valence-corrected chi connectivity index (χ4v) is 2.89. The van der Waals surface area contributed by atoms with Gasteiger partial charge in [0.1, 0.15) is 0 Å². The molecule has 0 fully saturated rings. The summed E-state index contributed by atoms with van der Waals surface area (Å²) in [5.74, 6) is 0. The maximum Gasteiger partial charge on any atom is 0.191 e. The largest absolute Gasteiger partial charge is 0.375 e. The number of hydrogen-bond donors (Lipinski definition) is 1. The lowest BCUT2D eigenvalue weighted by molar-refractivity contribution is 0.964. The van der Waals surface area contributed by atoms with Crippen molar-refractivity contribution >= 4 is 16.5 Å². The van der Waals surface area contributed by atoms with Crippen LogP contribution in [-0.2, 0) is 0 Å². The number of para-hydroxylation sites is 1. The van der Waals surface area contributed by atoms with Gasteiger partial charge in [0.05, 0.1) is 11.3 Å². The smallest absolute Gasteiger partial charge is 0.191 e. The molecule has 0 saturated heterocycles. The number of benzene rings is 1. The molecule has 106 valence electrons. The van der Waals surface area contributed by atoms with Crippen LogP contribution in [0.1, 0.15) is 11.3 Å². The van der Waals surface area contributed by atoms with Gasteiger partial charge in [-0.15, -0.1) is 11.3 Å². The monoisotopic (exact) mass is 297 g/mol. The van der Waals surface area contributed by atoms with Crippen molar-refractivity contribution in [3.05, 3.63) is 63.4 Å². The molecular formula is C16H15N3OS. The van der Waals surface area contributed by atoms with Crippen molar-refractivity contribution in [3.63, 3.8) is 0 Å². The van der Waals surface area contributed by atoms with Crippen LogP contribution in [0.4, 0.5) is 5.13 Å². The minimum Gasteiger partial charge on any atom is -0.375 e. The van der Waals surface area contributed by atoms with Gasteiger partial charge in [0, 0.05) is 29.0 Å². The van der Waals surface area contributed by atoms with Crippen LogP contribution in [0.15, 0.2) is 46.7 Å². The molecule has 0 radical (unpaired) electrons. The number of thiazole rings is 1. The Morgan fingerprint density at radius 1 is 1.24 bits per heavy atom. The summed E-state index contributed by atoms with van der Waals surface area (Å²) >= 11 is 1.34. The molecule has 3 rings (SSSR count). The highest BCUT2D eigenvalue weighted by molar-refractivity contribution is 7.13. The van der Waals surface area contributed by atoms with E-state index in [1.165, 1.54) is 11.3 Å². The molecule has 2 heterocycles. The Bertz CT molecular complexity index is 864. The second-order valence-electron chi connectivity index (χ2n) is 4.92. The number of anilines is 1. The van der Waals surface area contributed by atoms with E-state index < -0.39 is 0 Å². The predicted molar refractivity (Wildman–Crippen MR) is 87.0 cm³/mol. The van der Waals surface area contributed by atoms with Gasteiger partial charge in [0.15, 0.2) is 10.6 Å². The fraction of sp³-hybridized carbons (Fsp3) is 0.125. The Morgan fingerprint density at radius 2 is 2.00 bits per heavy atom. The zero-order valence-electron chi connectivity index (χ0n) is 11.8. The normalized spacial score (nSPS) is 10.8. The molecule has 0 aliphatic rings. The molecule has 1 aromatic carbocycles. The van der Waals surface area contributed by atoms with E-state index in [1.807, 2.05) is 54.3 Å². The third-order valence-corrected chi connectivity index (χ3v) is 4.09. The van der Waals surface area contributed by atoms with Gasteiger partial charge in [-0.05, 0) is 25.5 Å². The zero-order valence-corrected chi connectivity index (χ0v) is 12.6. The molecule has 0 unspecified atom stereocenters. The number of nitrogens with two attached hydrogens (primary N) is 1. The number of aryl methyl sites for hydroxylation is 2. The summed E-state index contributed by atoms with van der Waals surface area (Å²) in [5, 5.41) is 2.27. The molecule has 0 spiro atoms. The highest BCUT2D eigenvalue weighted by atomic mass is 32.1. The second-order valence-corrected chi connectivity index (χ2v) is 5.81.